The van der Waals surface area contributed by atoms with Crippen molar-refractivity contribution in [3.8, 4) is 11.5 Å². The molecule has 36 heavy (non-hydrogen) atoms. The Kier molecular flexibility index (Phi) is 9.82. The molecule has 1 aromatic rings. The average molecular weight is 516 g/mol. The topological polar surface area (TPSA) is 48.0 Å². The second-order valence-electron chi connectivity index (χ2n) is 11.2. The first-order chi connectivity index (χ1) is 17.4. The van der Waals surface area contributed by atoms with Gasteiger partial charge >= 0.3 is 5.97 Å². The second kappa shape index (κ2) is 12.8. The van der Waals surface area contributed by atoms with E-state index >= 15 is 0 Å². The SMILES string of the molecule is CCCCCC(C)CCc1cc(OC(=O)CCCN2CCOCC2)c2c(c1)OC(C)(C)C1=C2CSC1. The molecule has 0 N–H and O–H groups in total. The van der Waals surface area contributed by atoms with Gasteiger partial charge in [-0.15, -0.1) is 0 Å². The molecule has 0 aliphatic carbocycles. The van der Waals surface area contributed by atoms with E-state index in [1.54, 1.807) is 0 Å². The molecule has 0 bridgehead atoms. The summed E-state index contributed by atoms with van der Waals surface area (Å²) in [6, 6.07) is 4.32. The highest BCUT2D eigenvalue weighted by molar-refractivity contribution is 8.00. The molecule has 0 aromatic heterocycles. The summed E-state index contributed by atoms with van der Waals surface area (Å²) in [5.41, 5.74) is 4.54. The van der Waals surface area contributed by atoms with Crippen molar-refractivity contribution in [1.82, 2.24) is 4.90 Å². The van der Waals surface area contributed by atoms with E-state index in [9.17, 15) is 4.79 Å². The summed E-state index contributed by atoms with van der Waals surface area (Å²) < 4.78 is 18.1. The molecule has 1 saturated heterocycles. The van der Waals surface area contributed by atoms with E-state index in [2.05, 4.69) is 44.7 Å². The van der Waals surface area contributed by atoms with Crippen LogP contribution in [0.4, 0.5) is 0 Å². The highest BCUT2D eigenvalue weighted by Crippen LogP contribution is 2.50. The lowest BCUT2D eigenvalue weighted by atomic mass is 9.86. The minimum absolute atomic E-state index is 0.145. The van der Waals surface area contributed by atoms with E-state index in [-0.39, 0.29) is 11.6 Å². The van der Waals surface area contributed by atoms with Crippen LogP contribution < -0.4 is 9.47 Å². The van der Waals surface area contributed by atoms with E-state index in [0.29, 0.717) is 18.1 Å². The summed E-state index contributed by atoms with van der Waals surface area (Å²) in [5, 5.41) is 0. The first-order valence-corrected chi connectivity index (χ1v) is 15.2. The predicted octanol–water partition coefficient (Wildman–Crippen LogP) is 6.52. The Morgan fingerprint density at radius 1 is 1.14 bits per heavy atom. The van der Waals surface area contributed by atoms with Gasteiger partial charge in [-0.2, -0.15) is 11.8 Å². The van der Waals surface area contributed by atoms with Crippen LogP contribution in [-0.4, -0.2) is 60.8 Å². The normalized spacial score (nSPS) is 20.0. The van der Waals surface area contributed by atoms with Crippen LogP contribution in [0.2, 0.25) is 0 Å². The Balaban J connectivity index is 1.48. The van der Waals surface area contributed by atoms with Crippen LogP contribution in [0.5, 0.6) is 11.5 Å². The first-order valence-electron chi connectivity index (χ1n) is 14.0. The number of carbonyl (C=O) groups is 1. The lowest BCUT2D eigenvalue weighted by Crippen LogP contribution is -2.37. The molecule has 1 unspecified atom stereocenters. The predicted molar refractivity (Wildman–Crippen MR) is 149 cm³/mol. The zero-order valence-corrected chi connectivity index (χ0v) is 23.6. The number of fused-ring (bicyclic) bond motifs is 2. The number of carbonyl (C=O) groups excluding carboxylic acids is 1. The summed E-state index contributed by atoms with van der Waals surface area (Å²) in [6.45, 7) is 13.3. The van der Waals surface area contributed by atoms with Crippen LogP contribution in [0.25, 0.3) is 5.57 Å². The highest BCUT2D eigenvalue weighted by atomic mass is 32.2. The summed E-state index contributed by atoms with van der Waals surface area (Å²) in [6.07, 6.45) is 8.52. The molecule has 1 atom stereocenters. The first kappa shape index (κ1) is 27.5. The molecule has 0 amide bonds. The quantitative estimate of drug-likeness (QED) is 0.179. The zero-order valence-electron chi connectivity index (χ0n) is 22.8. The van der Waals surface area contributed by atoms with Crippen molar-refractivity contribution in [3.63, 3.8) is 0 Å². The third kappa shape index (κ3) is 7.08. The number of thioether (sulfide) groups is 1. The van der Waals surface area contributed by atoms with Crippen LogP contribution in [0.1, 0.15) is 83.8 Å². The molecule has 5 nitrogen and oxygen atoms in total. The number of aryl methyl sites for hydroxylation is 1. The minimum atomic E-state index is -0.322. The van der Waals surface area contributed by atoms with Gasteiger partial charge in [0, 0.05) is 31.0 Å². The molecule has 4 rings (SSSR count). The third-order valence-electron chi connectivity index (χ3n) is 7.79. The molecule has 3 heterocycles. The van der Waals surface area contributed by atoms with Gasteiger partial charge in [-0.25, -0.2) is 0 Å². The van der Waals surface area contributed by atoms with Gasteiger partial charge in [0.25, 0.3) is 0 Å². The van der Waals surface area contributed by atoms with E-state index in [1.165, 1.54) is 42.4 Å². The Morgan fingerprint density at radius 3 is 2.72 bits per heavy atom. The van der Waals surface area contributed by atoms with Crippen molar-refractivity contribution in [2.75, 3.05) is 44.4 Å². The fraction of sp³-hybridized carbons (Fsp3) is 0.700. The zero-order chi connectivity index (χ0) is 25.5. The van der Waals surface area contributed by atoms with Gasteiger partial charge in [0.1, 0.15) is 17.1 Å². The van der Waals surface area contributed by atoms with Gasteiger partial charge in [-0.3, -0.25) is 9.69 Å². The molecule has 0 radical (unpaired) electrons. The number of ether oxygens (including phenoxy) is 3. The van der Waals surface area contributed by atoms with Crippen molar-refractivity contribution >= 4 is 23.3 Å². The van der Waals surface area contributed by atoms with Gasteiger partial charge in [0.05, 0.1) is 18.8 Å². The number of rotatable bonds is 12. The second-order valence-corrected chi connectivity index (χ2v) is 12.2. The molecule has 200 valence electrons. The van der Waals surface area contributed by atoms with Crippen LogP contribution >= 0.6 is 11.8 Å². The maximum absolute atomic E-state index is 13.0. The van der Waals surface area contributed by atoms with Gasteiger partial charge in [-0.1, -0.05) is 39.5 Å². The Morgan fingerprint density at radius 2 is 1.94 bits per heavy atom. The lowest BCUT2D eigenvalue weighted by molar-refractivity contribution is -0.134. The standard InChI is InChI=1S/C30H45NO4S/c1-5-6-7-9-22(2)11-12-23-18-26(34-28(32)10-8-13-31-14-16-33-17-15-31)29-24-20-36-21-25(24)30(3,4)35-27(29)19-23/h18-19,22H,5-17,20-21H2,1-4H3. The van der Waals surface area contributed by atoms with Crippen molar-refractivity contribution in [2.24, 2.45) is 5.92 Å². The molecular formula is C30H45NO4S. The average Bonchev–Trinajstić information content (AvgIpc) is 3.34. The summed E-state index contributed by atoms with van der Waals surface area (Å²) in [7, 11) is 0. The third-order valence-corrected chi connectivity index (χ3v) is 8.77. The minimum Gasteiger partial charge on any atom is -0.483 e. The number of esters is 1. The molecule has 3 aliphatic heterocycles. The Labute approximate surface area is 222 Å². The molecule has 3 aliphatic rings. The molecule has 0 saturated carbocycles. The van der Waals surface area contributed by atoms with Gasteiger partial charge in [0.15, 0.2) is 0 Å². The molecule has 1 fully saturated rings. The van der Waals surface area contributed by atoms with Gasteiger partial charge < -0.3 is 14.2 Å². The molecule has 6 heteroatoms. The summed E-state index contributed by atoms with van der Waals surface area (Å²) in [5.74, 6) is 4.05. The number of hydrogen-bond acceptors (Lipinski definition) is 6. The summed E-state index contributed by atoms with van der Waals surface area (Å²) in [4.78, 5) is 15.3. The highest BCUT2D eigenvalue weighted by Gasteiger charge is 2.39. The number of hydrogen-bond donors (Lipinski definition) is 0. The van der Waals surface area contributed by atoms with E-state index < -0.39 is 0 Å². The van der Waals surface area contributed by atoms with Crippen molar-refractivity contribution in [3.05, 3.63) is 28.8 Å². The van der Waals surface area contributed by atoms with Crippen LogP contribution in [-0.2, 0) is 16.0 Å². The molecule has 1 aromatic carbocycles. The van der Waals surface area contributed by atoms with Gasteiger partial charge in [-0.05, 0) is 74.4 Å². The number of benzene rings is 1. The van der Waals surface area contributed by atoms with E-state index in [0.717, 1.165) is 74.9 Å². The fourth-order valence-corrected chi connectivity index (χ4v) is 6.87. The van der Waals surface area contributed by atoms with Crippen molar-refractivity contribution < 1.29 is 19.0 Å². The smallest absolute Gasteiger partial charge is 0.311 e. The van der Waals surface area contributed by atoms with Gasteiger partial charge in [0.2, 0.25) is 0 Å². The fourth-order valence-electron chi connectivity index (χ4n) is 5.52. The largest absolute Gasteiger partial charge is 0.483 e. The van der Waals surface area contributed by atoms with Crippen molar-refractivity contribution in [2.45, 2.75) is 84.7 Å². The monoisotopic (exact) mass is 515 g/mol. The Hall–Kier alpha value is -1.50. The van der Waals surface area contributed by atoms with E-state index in [1.807, 2.05) is 11.8 Å². The maximum atomic E-state index is 13.0. The van der Waals surface area contributed by atoms with E-state index in [4.69, 9.17) is 14.2 Å². The van der Waals surface area contributed by atoms with Crippen LogP contribution in [0, 0.1) is 5.92 Å². The summed E-state index contributed by atoms with van der Waals surface area (Å²) >= 11 is 1.92. The van der Waals surface area contributed by atoms with Crippen molar-refractivity contribution in [1.29, 1.82) is 0 Å². The number of nitrogens with zero attached hydrogens (tertiary/aromatic N) is 1. The number of unbranched alkanes of at least 4 members (excludes halogenated alkanes) is 2. The molecule has 0 spiro atoms. The Bertz CT molecular complexity index is 935. The maximum Gasteiger partial charge on any atom is 0.311 e. The van der Waals surface area contributed by atoms with Crippen LogP contribution in [0.15, 0.2) is 17.7 Å². The lowest BCUT2D eigenvalue weighted by Gasteiger charge is -2.35. The number of morpholine rings is 1. The van der Waals surface area contributed by atoms with Crippen LogP contribution in [0.3, 0.4) is 0 Å². The molecular weight excluding hydrogens is 470 g/mol.